The molecule has 0 aliphatic carbocycles. The third-order valence-corrected chi connectivity index (χ3v) is 5.52. The normalized spacial score (nSPS) is 13.1. The van der Waals surface area contributed by atoms with Gasteiger partial charge >= 0.3 is 0 Å². The lowest BCUT2D eigenvalue weighted by Gasteiger charge is -2.29. The SMILES string of the molecule is COCCc1nc(-c2ccc3c(c2)N(CC(=O)NCc2ccco2)C(=O)CO3)cs1. The van der Waals surface area contributed by atoms with E-state index in [2.05, 4.69) is 10.3 Å². The lowest BCUT2D eigenvalue weighted by Crippen LogP contribution is -2.45. The Morgan fingerprint density at radius 3 is 3.07 bits per heavy atom. The van der Waals surface area contributed by atoms with Crippen molar-refractivity contribution in [2.45, 2.75) is 13.0 Å². The highest BCUT2D eigenvalue weighted by atomic mass is 32.1. The third kappa shape index (κ3) is 4.52. The van der Waals surface area contributed by atoms with Gasteiger partial charge in [-0.2, -0.15) is 0 Å². The summed E-state index contributed by atoms with van der Waals surface area (Å²) >= 11 is 1.56. The fraction of sp³-hybridized carbons (Fsp3) is 0.286. The van der Waals surface area contributed by atoms with E-state index in [0.717, 1.165) is 22.7 Å². The second-order valence-corrected chi connectivity index (χ2v) is 7.62. The summed E-state index contributed by atoms with van der Waals surface area (Å²) in [5.41, 5.74) is 2.23. The average Bonchev–Trinajstić information content (AvgIpc) is 3.44. The molecule has 0 unspecified atom stereocenters. The minimum absolute atomic E-state index is 0.102. The van der Waals surface area contributed by atoms with E-state index in [1.54, 1.807) is 42.9 Å². The van der Waals surface area contributed by atoms with Crippen molar-refractivity contribution in [1.82, 2.24) is 10.3 Å². The number of hydrogen-bond acceptors (Lipinski definition) is 7. The van der Waals surface area contributed by atoms with Gasteiger partial charge in [-0.3, -0.25) is 14.5 Å². The highest BCUT2D eigenvalue weighted by Crippen LogP contribution is 2.36. The molecule has 0 saturated carbocycles. The molecule has 2 amide bonds. The molecule has 4 rings (SSSR count). The van der Waals surface area contributed by atoms with Crippen LogP contribution in [0.2, 0.25) is 0 Å². The first-order valence-corrected chi connectivity index (χ1v) is 10.3. The number of methoxy groups -OCH3 is 1. The summed E-state index contributed by atoms with van der Waals surface area (Å²) in [4.78, 5) is 31.0. The number of carbonyl (C=O) groups excluding carboxylic acids is 2. The molecule has 8 nitrogen and oxygen atoms in total. The molecule has 3 aromatic rings. The predicted octanol–water partition coefficient (Wildman–Crippen LogP) is 2.63. The number of nitrogens with one attached hydrogen (secondary N) is 1. The van der Waals surface area contributed by atoms with Crippen LogP contribution in [-0.2, 0) is 27.3 Å². The molecule has 30 heavy (non-hydrogen) atoms. The fourth-order valence-electron chi connectivity index (χ4n) is 3.08. The van der Waals surface area contributed by atoms with Gasteiger partial charge in [-0.1, -0.05) is 0 Å². The van der Waals surface area contributed by atoms with Crippen molar-refractivity contribution in [1.29, 1.82) is 0 Å². The molecule has 2 aromatic heterocycles. The zero-order valence-corrected chi connectivity index (χ0v) is 17.2. The molecular weight excluding hydrogens is 406 g/mol. The van der Waals surface area contributed by atoms with E-state index in [0.29, 0.717) is 23.8 Å². The summed E-state index contributed by atoms with van der Waals surface area (Å²) in [6, 6.07) is 9.07. The van der Waals surface area contributed by atoms with Gasteiger partial charge in [0.15, 0.2) is 6.61 Å². The Balaban J connectivity index is 1.51. The number of aromatic nitrogens is 1. The van der Waals surface area contributed by atoms with Crippen LogP contribution in [0.1, 0.15) is 10.8 Å². The number of fused-ring (bicyclic) bond motifs is 1. The molecule has 9 heteroatoms. The third-order valence-electron chi connectivity index (χ3n) is 4.61. The zero-order chi connectivity index (χ0) is 20.9. The Labute approximate surface area is 177 Å². The van der Waals surface area contributed by atoms with Crippen molar-refractivity contribution in [3.63, 3.8) is 0 Å². The number of rotatable bonds is 8. The van der Waals surface area contributed by atoms with Crippen LogP contribution in [0.5, 0.6) is 5.75 Å². The lowest BCUT2D eigenvalue weighted by atomic mass is 10.1. The van der Waals surface area contributed by atoms with Gasteiger partial charge in [0.2, 0.25) is 5.91 Å². The van der Waals surface area contributed by atoms with Gasteiger partial charge in [-0.15, -0.1) is 11.3 Å². The van der Waals surface area contributed by atoms with Crippen molar-refractivity contribution in [2.75, 3.05) is 31.8 Å². The van der Waals surface area contributed by atoms with E-state index >= 15 is 0 Å². The quantitative estimate of drug-likeness (QED) is 0.594. The zero-order valence-electron chi connectivity index (χ0n) is 16.4. The number of anilines is 1. The molecule has 0 saturated heterocycles. The first-order chi connectivity index (χ1) is 14.6. The van der Waals surface area contributed by atoms with Crippen LogP contribution < -0.4 is 15.0 Å². The summed E-state index contributed by atoms with van der Waals surface area (Å²) in [6.45, 7) is 0.673. The number of furan rings is 1. The van der Waals surface area contributed by atoms with Crippen molar-refractivity contribution < 1.29 is 23.5 Å². The summed E-state index contributed by atoms with van der Waals surface area (Å²) in [7, 11) is 1.66. The summed E-state index contributed by atoms with van der Waals surface area (Å²) in [5.74, 6) is 0.652. The highest BCUT2D eigenvalue weighted by molar-refractivity contribution is 7.09. The molecule has 156 valence electrons. The van der Waals surface area contributed by atoms with Gasteiger partial charge in [0.25, 0.3) is 5.91 Å². The monoisotopic (exact) mass is 427 g/mol. The number of amides is 2. The van der Waals surface area contributed by atoms with Crippen LogP contribution in [0.25, 0.3) is 11.3 Å². The van der Waals surface area contributed by atoms with E-state index in [1.165, 1.54) is 4.90 Å². The Hall–Kier alpha value is -3.17. The van der Waals surface area contributed by atoms with E-state index in [1.807, 2.05) is 17.5 Å². The smallest absolute Gasteiger partial charge is 0.265 e. The molecule has 1 aliphatic heterocycles. The molecule has 0 fully saturated rings. The Bertz CT molecular complexity index is 1030. The Kier molecular flexibility index (Phi) is 6.10. The summed E-state index contributed by atoms with van der Waals surface area (Å²) in [5, 5.41) is 5.71. The number of carbonyl (C=O) groups is 2. The first-order valence-electron chi connectivity index (χ1n) is 9.44. The van der Waals surface area contributed by atoms with Crippen LogP contribution in [0.3, 0.4) is 0 Å². The van der Waals surface area contributed by atoms with E-state index in [-0.39, 0.29) is 31.5 Å². The molecule has 1 N–H and O–H groups in total. The van der Waals surface area contributed by atoms with Crippen LogP contribution in [0, 0.1) is 0 Å². The van der Waals surface area contributed by atoms with E-state index in [9.17, 15) is 9.59 Å². The molecule has 1 aliphatic rings. The van der Waals surface area contributed by atoms with Crippen molar-refractivity contribution in [3.05, 3.63) is 52.7 Å². The lowest BCUT2D eigenvalue weighted by molar-refractivity contribution is -0.125. The van der Waals surface area contributed by atoms with E-state index < -0.39 is 0 Å². The number of hydrogen-bond donors (Lipinski definition) is 1. The van der Waals surface area contributed by atoms with Gasteiger partial charge in [0, 0.05) is 24.5 Å². The van der Waals surface area contributed by atoms with Gasteiger partial charge in [-0.25, -0.2) is 4.98 Å². The van der Waals surface area contributed by atoms with Gasteiger partial charge in [0.1, 0.15) is 18.1 Å². The maximum absolute atomic E-state index is 12.5. The maximum atomic E-state index is 12.5. The first kappa shape index (κ1) is 20.1. The van der Waals surface area contributed by atoms with Crippen LogP contribution >= 0.6 is 11.3 Å². The van der Waals surface area contributed by atoms with Gasteiger partial charge < -0.3 is 19.2 Å². The molecule has 0 bridgehead atoms. The maximum Gasteiger partial charge on any atom is 0.265 e. The van der Waals surface area contributed by atoms with Crippen LogP contribution in [0.4, 0.5) is 5.69 Å². The molecule has 0 atom stereocenters. The second-order valence-electron chi connectivity index (χ2n) is 6.68. The molecule has 1 aromatic carbocycles. The number of nitrogens with zero attached hydrogens (tertiary/aromatic N) is 2. The average molecular weight is 427 g/mol. The molecule has 0 radical (unpaired) electrons. The van der Waals surface area contributed by atoms with Crippen molar-refractivity contribution in [2.24, 2.45) is 0 Å². The van der Waals surface area contributed by atoms with E-state index in [4.69, 9.17) is 13.9 Å². The number of thiazole rings is 1. The van der Waals surface area contributed by atoms with Crippen molar-refractivity contribution >= 4 is 28.8 Å². The molecular formula is C21H21N3O5S. The van der Waals surface area contributed by atoms with Gasteiger partial charge in [0.05, 0.1) is 35.8 Å². The Morgan fingerprint density at radius 2 is 2.27 bits per heavy atom. The highest BCUT2D eigenvalue weighted by Gasteiger charge is 2.28. The minimum atomic E-state index is -0.284. The van der Waals surface area contributed by atoms with Crippen LogP contribution in [0.15, 0.2) is 46.4 Å². The minimum Gasteiger partial charge on any atom is -0.482 e. The molecule has 0 spiro atoms. The van der Waals surface area contributed by atoms with Gasteiger partial charge in [-0.05, 0) is 30.3 Å². The number of ether oxygens (including phenoxy) is 2. The standard InChI is InChI=1S/C21H21N3O5S/c1-27-8-6-20-23-16(13-30-20)14-4-5-18-17(9-14)24(21(26)12-29-18)11-19(25)22-10-15-3-2-7-28-15/h2-5,7,9,13H,6,8,10-12H2,1H3,(H,22,25). The second kappa shape index (κ2) is 9.10. The van der Waals surface area contributed by atoms with Crippen molar-refractivity contribution in [3.8, 4) is 17.0 Å². The fourth-order valence-corrected chi connectivity index (χ4v) is 3.87. The molecule has 3 heterocycles. The topological polar surface area (TPSA) is 93.9 Å². The number of benzene rings is 1. The summed E-state index contributed by atoms with van der Waals surface area (Å²) < 4.78 is 15.9. The van der Waals surface area contributed by atoms with Crippen LogP contribution in [-0.4, -0.2) is 43.7 Å². The predicted molar refractivity (Wildman–Crippen MR) is 112 cm³/mol. The largest absolute Gasteiger partial charge is 0.482 e. The summed E-state index contributed by atoms with van der Waals surface area (Å²) in [6.07, 6.45) is 2.29. The Morgan fingerprint density at radius 1 is 1.37 bits per heavy atom.